The van der Waals surface area contributed by atoms with Gasteiger partial charge >= 0.3 is 0 Å². The normalized spacial score (nSPS) is 11.3. The van der Waals surface area contributed by atoms with Gasteiger partial charge in [-0.15, -0.1) is 0 Å². The fourth-order valence-corrected chi connectivity index (χ4v) is 7.15. The Kier molecular flexibility index (Phi) is 7.22. The van der Waals surface area contributed by atoms with Gasteiger partial charge in [-0.2, -0.15) is 0 Å². The van der Waals surface area contributed by atoms with Gasteiger partial charge in [0, 0.05) is 17.1 Å². The molecule has 0 saturated carbocycles. The molecule has 0 bridgehead atoms. The van der Waals surface area contributed by atoms with Crippen molar-refractivity contribution in [2.24, 2.45) is 0 Å². The van der Waals surface area contributed by atoms with Gasteiger partial charge < -0.3 is 4.90 Å². The molecule has 0 aliphatic heterocycles. The summed E-state index contributed by atoms with van der Waals surface area (Å²) in [7, 11) is 0. The van der Waals surface area contributed by atoms with Crippen molar-refractivity contribution in [2.75, 3.05) is 4.90 Å². The van der Waals surface area contributed by atoms with Gasteiger partial charge in [-0.05, 0) is 108 Å². The average molecular weight is 624 g/mol. The number of rotatable bonds is 6. The first-order valence-electron chi connectivity index (χ1n) is 16.8. The van der Waals surface area contributed by atoms with E-state index in [9.17, 15) is 0 Å². The molecule has 1 heteroatoms. The summed E-state index contributed by atoms with van der Waals surface area (Å²) in [6.45, 7) is 0. The highest BCUT2D eigenvalue weighted by atomic mass is 15.1. The van der Waals surface area contributed by atoms with Crippen LogP contribution in [0.15, 0.2) is 200 Å². The summed E-state index contributed by atoms with van der Waals surface area (Å²) >= 11 is 0. The average Bonchev–Trinajstić information content (AvgIpc) is 3.19. The van der Waals surface area contributed by atoms with Crippen LogP contribution in [-0.4, -0.2) is 0 Å². The van der Waals surface area contributed by atoms with E-state index in [4.69, 9.17) is 0 Å². The van der Waals surface area contributed by atoms with E-state index in [-0.39, 0.29) is 0 Å². The maximum Gasteiger partial charge on any atom is 0.0467 e. The maximum absolute atomic E-state index is 2.33. The van der Waals surface area contributed by atoms with Gasteiger partial charge in [0.05, 0.1) is 0 Å². The zero-order chi connectivity index (χ0) is 32.6. The van der Waals surface area contributed by atoms with Crippen molar-refractivity contribution in [2.45, 2.75) is 0 Å². The topological polar surface area (TPSA) is 3.24 Å². The Balaban J connectivity index is 1.05. The van der Waals surface area contributed by atoms with Crippen molar-refractivity contribution in [3.05, 3.63) is 200 Å². The number of hydrogen-bond acceptors (Lipinski definition) is 1. The standard InChI is InChI=1S/C48H33N/c1-3-10-34(11-4-1)35-26-29-44(30-27-35)49(43-14-5-2-6-15-43)45-16-9-13-40(33-45)36-18-20-37(21-19-36)41-28-31-47-42(32-41)25-24-39-23-22-38-12-7-8-17-46(38)48(39)47/h1-33H. The molecule has 0 atom stereocenters. The predicted molar refractivity (Wildman–Crippen MR) is 210 cm³/mol. The molecule has 9 rings (SSSR count). The quantitative estimate of drug-likeness (QED) is 0.167. The summed E-state index contributed by atoms with van der Waals surface area (Å²) < 4.78 is 0. The second kappa shape index (κ2) is 12.3. The van der Waals surface area contributed by atoms with Gasteiger partial charge in [0.15, 0.2) is 0 Å². The smallest absolute Gasteiger partial charge is 0.0467 e. The highest BCUT2D eigenvalue weighted by molar-refractivity contribution is 6.20. The Labute approximate surface area is 287 Å². The van der Waals surface area contributed by atoms with Crippen LogP contribution in [0.5, 0.6) is 0 Å². The van der Waals surface area contributed by atoms with E-state index in [2.05, 4.69) is 205 Å². The van der Waals surface area contributed by atoms with Crippen LogP contribution in [0.2, 0.25) is 0 Å². The number of benzene rings is 9. The fraction of sp³-hybridized carbons (Fsp3) is 0. The number of anilines is 3. The Bertz CT molecular complexity index is 2570. The van der Waals surface area contributed by atoms with Crippen LogP contribution < -0.4 is 4.90 Å². The summed E-state index contributed by atoms with van der Waals surface area (Å²) in [6, 6.07) is 72.3. The summed E-state index contributed by atoms with van der Waals surface area (Å²) in [5.74, 6) is 0. The third-order valence-corrected chi connectivity index (χ3v) is 9.63. The van der Waals surface area contributed by atoms with Gasteiger partial charge in [0.1, 0.15) is 0 Å². The van der Waals surface area contributed by atoms with Crippen LogP contribution in [0.1, 0.15) is 0 Å². The summed E-state index contributed by atoms with van der Waals surface area (Å²) in [4.78, 5) is 2.33. The molecule has 1 nitrogen and oxygen atoms in total. The highest BCUT2D eigenvalue weighted by Crippen LogP contribution is 2.38. The molecule has 0 fully saturated rings. The van der Waals surface area contributed by atoms with Crippen molar-refractivity contribution >= 4 is 49.4 Å². The van der Waals surface area contributed by atoms with Crippen LogP contribution in [0.3, 0.4) is 0 Å². The molecule has 9 aromatic carbocycles. The van der Waals surface area contributed by atoms with E-state index in [1.807, 2.05) is 0 Å². The van der Waals surface area contributed by atoms with E-state index in [0.717, 1.165) is 17.1 Å². The number of hydrogen-bond donors (Lipinski definition) is 0. The molecule has 230 valence electrons. The molecule has 0 radical (unpaired) electrons. The summed E-state index contributed by atoms with van der Waals surface area (Å²) in [6.07, 6.45) is 0. The Morgan fingerprint density at radius 2 is 0.714 bits per heavy atom. The maximum atomic E-state index is 2.33. The van der Waals surface area contributed by atoms with E-state index >= 15 is 0 Å². The molecule has 49 heavy (non-hydrogen) atoms. The van der Waals surface area contributed by atoms with Crippen molar-refractivity contribution < 1.29 is 0 Å². The lowest BCUT2D eigenvalue weighted by atomic mass is 9.94. The van der Waals surface area contributed by atoms with E-state index in [1.54, 1.807) is 0 Å². The molecular formula is C48H33N. The van der Waals surface area contributed by atoms with Crippen LogP contribution in [0, 0.1) is 0 Å². The van der Waals surface area contributed by atoms with Crippen molar-refractivity contribution in [1.29, 1.82) is 0 Å². The minimum atomic E-state index is 1.12. The Morgan fingerprint density at radius 3 is 1.47 bits per heavy atom. The van der Waals surface area contributed by atoms with Crippen LogP contribution in [0.25, 0.3) is 65.7 Å². The van der Waals surface area contributed by atoms with Gasteiger partial charge in [-0.25, -0.2) is 0 Å². The second-order valence-electron chi connectivity index (χ2n) is 12.6. The van der Waals surface area contributed by atoms with Gasteiger partial charge in [-0.3, -0.25) is 0 Å². The molecule has 0 heterocycles. The number of fused-ring (bicyclic) bond motifs is 5. The molecule has 0 N–H and O–H groups in total. The Morgan fingerprint density at radius 1 is 0.245 bits per heavy atom. The third kappa shape index (κ3) is 5.42. The molecule has 0 spiro atoms. The predicted octanol–water partition coefficient (Wildman–Crippen LogP) is 13.6. The van der Waals surface area contributed by atoms with Crippen LogP contribution in [-0.2, 0) is 0 Å². The molecule has 0 unspecified atom stereocenters. The van der Waals surface area contributed by atoms with Crippen LogP contribution in [0.4, 0.5) is 17.1 Å². The van der Waals surface area contributed by atoms with Crippen molar-refractivity contribution in [3.8, 4) is 33.4 Å². The summed E-state index contributed by atoms with van der Waals surface area (Å²) in [5, 5.41) is 7.74. The lowest BCUT2D eigenvalue weighted by molar-refractivity contribution is 1.28. The van der Waals surface area contributed by atoms with Crippen molar-refractivity contribution in [3.63, 3.8) is 0 Å². The second-order valence-corrected chi connectivity index (χ2v) is 12.6. The molecule has 0 aromatic heterocycles. The molecule has 0 saturated heterocycles. The lowest BCUT2D eigenvalue weighted by Crippen LogP contribution is -2.09. The van der Waals surface area contributed by atoms with Crippen LogP contribution >= 0.6 is 0 Å². The molecule has 0 amide bonds. The van der Waals surface area contributed by atoms with Crippen molar-refractivity contribution in [1.82, 2.24) is 0 Å². The zero-order valence-corrected chi connectivity index (χ0v) is 27.0. The largest absolute Gasteiger partial charge is 0.310 e. The fourth-order valence-electron chi connectivity index (χ4n) is 7.15. The number of para-hydroxylation sites is 1. The molecular weight excluding hydrogens is 591 g/mol. The summed E-state index contributed by atoms with van der Waals surface area (Å²) in [5.41, 5.74) is 10.6. The number of nitrogens with zero attached hydrogens (tertiary/aromatic N) is 1. The minimum absolute atomic E-state index is 1.12. The zero-order valence-electron chi connectivity index (χ0n) is 27.0. The first kappa shape index (κ1) is 28.8. The van der Waals surface area contributed by atoms with Gasteiger partial charge in [0.2, 0.25) is 0 Å². The van der Waals surface area contributed by atoms with Gasteiger partial charge in [0.25, 0.3) is 0 Å². The monoisotopic (exact) mass is 623 g/mol. The molecule has 0 aliphatic rings. The third-order valence-electron chi connectivity index (χ3n) is 9.63. The van der Waals surface area contributed by atoms with E-state index < -0.39 is 0 Å². The highest BCUT2D eigenvalue weighted by Gasteiger charge is 2.14. The van der Waals surface area contributed by atoms with Gasteiger partial charge in [-0.1, -0.05) is 158 Å². The lowest BCUT2D eigenvalue weighted by Gasteiger charge is -2.26. The SMILES string of the molecule is c1ccc(-c2ccc(N(c3ccccc3)c3cccc(-c4ccc(-c5ccc6c(ccc7ccc8ccccc8c76)c5)cc4)c3)cc2)cc1. The molecule has 9 aromatic rings. The molecule has 0 aliphatic carbocycles. The first-order valence-corrected chi connectivity index (χ1v) is 16.8. The first-order chi connectivity index (χ1) is 24.3. The van der Waals surface area contributed by atoms with E-state index in [0.29, 0.717) is 0 Å². The van der Waals surface area contributed by atoms with E-state index in [1.165, 1.54) is 65.7 Å². The minimum Gasteiger partial charge on any atom is -0.310 e. The Hall–Kier alpha value is -6.44.